The van der Waals surface area contributed by atoms with Crippen LogP contribution in [0.15, 0.2) is 29.4 Å². The molecule has 1 aromatic carbocycles. The van der Waals surface area contributed by atoms with Gasteiger partial charge >= 0.3 is 0 Å². The Kier molecular flexibility index (Phi) is 3.50. The lowest BCUT2D eigenvalue weighted by molar-refractivity contribution is -0.384. The van der Waals surface area contributed by atoms with Crippen LogP contribution in [0.2, 0.25) is 0 Å². The topological polar surface area (TPSA) is 84.6 Å². The van der Waals surface area contributed by atoms with Crippen molar-refractivity contribution in [2.75, 3.05) is 0 Å². The van der Waals surface area contributed by atoms with Crippen LogP contribution in [0, 0.1) is 26.9 Å². The van der Waals surface area contributed by atoms with Crippen molar-refractivity contribution in [3.8, 4) is 0 Å². The minimum absolute atomic E-state index is 0.0215. The van der Waals surface area contributed by atoms with Gasteiger partial charge in [-0.3, -0.25) is 14.9 Å². The highest BCUT2D eigenvalue weighted by molar-refractivity contribution is 5.98. The second kappa shape index (κ2) is 5.15. The maximum absolute atomic E-state index is 12.2. The number of rotatable bonds is 3. The molecule has 2 atom stereocenters. The number of nitrogens with one attached hydrogen (secondary N) is 1. The molecule has 1 amide bonds. The summed E-state index contributed by atoms with van der Waals surface area (Å²) in [6, 6.07) is 5.68. The van der Waals surface area contributed by atoms with Gasteiger partial charge in [0.2, 0.25) is 0 Å². The highest BCUT2D eigenvalue weighted by Crippen LogP contribution is 2.63. The van der Waals surface area contributed by atoms with E-state index in [4.69, 9.17) is 0 Å². The van der Waals surface area contributed by atoms with E-state index in [1.54, 1.807) is 6.07 Å². The molecule has 6 nitrogen and oxygen atoms in total. The molecule has 0 heterocycles. The number of hydrazone groups is 1. The number of benzene rings is 1. The van der Waals surface area contributed by atoms with E-state index in [1.165, 1.54) is 24.6 Å². The monoisotopic (exact) mass is 315 g/mol. The first-order valence-electron chi connectivity index (χ1n) is 7.87. The molecular weight excluding hydrogens is 294 g/mol. The molecule has 0 aliphatic heterocycles. The summed E-state index contributed by atoms with van der Waals surface area (Å²) in [5, 5.41) is 15.2. The number of amides is 1. The number of hydrogen-bond acceptors (Lipinski definition) is 4. The molecule has 0 aromatic heterocycles. The lowest BCUT2D eigenvalue weighted by Gasteiger charge is -2.34. The molecule has 3 rings (SSSR count). The van der Waals surface area contributed by atoms with Gasteiger partial charge < -0.3 is 0 Å². The Balaban J connectivity index is 1.78. The first-order chi connectivity index (χ1) is 10.8. The number of nitrogens with zero attached hydrogens (tertiary/aromatic N) is 2. The van der Waals surface area contributed by atoms with Gasteiger partial charge in [0.1, 0.15) is 0 Å². The number of nitro benzene ring substituents is 1. The lowest BCUT2D eigenvalue weighted by atomic mass is 9.70. The van der Waals surface area contributed by atoms with Gasteiger partial charge in [0, 0.05) is 28.8 Å². The van der Waals surface area contributed by atoms with Crippen molar-refractivity contribution in [1.82, 2.24) is 5.43 Å². The Hall–Kier alpha value is -2.24. The third kappa shape index (κ3) is 2.33. The summed E-state index contributed by atoms with van der Waals surface area (Å²) < 4.78 is 0. The summed E-state index contributed by atoms with van der Waals surface area (Å²) in [4.78, 5) is 22.5. The SMILES string of the molecule is CC1(C)C2CC[C@]1(C)/C(=N/NC(=O)c1cccc([N+](=O)[O-])c1)C2. The van der Waals surface area contributed by atoms with Crippen LogP contribution in [0.3, 0.4) is 0 Å². The Labute approximate surface area is 135 Å². The van der Waals surface area contributed by atoms with Crippen molar-refractivity contribution in [2.45, 2.75) is 40.0 Å². The van der Waals surface area contributed by atoms with Crippen LogP contribution in [0.5, 0.6) is 0 Å². The standard InChI is InChI=1S/C17H21N3O3/c1-16(2)12-7-8-17(16,3)14(10-12)18-19-15(21)11-5-4-6-13(9-11)20(22)23/h4-6,9,12H,7-8,10H2,1-3H3,(H,19,21)/b18-14+/t12?,17-/m1/s1. The Morgan fingerprint density at radius 1 is 1.39 bits per heavy atom. The molecule has 2 saturated carbocycles. The molecule has 0 radical (unpaired) electrons. The zero-order chi connectivity index (χ0) is 16.8. The van der Waals surface area contributed by atoms with E-state index in [0.29, 0.717) is 5.92 Å². The first kappa shape index (κ1) is 15.6. The van der Waals surface area contributed by atoms with Gasteiger partial charge in [0.05, 0.1) is 4.92 Å². The number of nitro groups is 1. The predicted molar refractivity (Wildman–Crippen MR) is 87.2 cm³/mol. The van der Waals surface area contributed by atoms with E-state index in [0.717, 1.165) is 18.6 Å². The molecule has 1 unspecified atom stereocenters. The van der Waals surface area contributed by atoms with Crippen molar-refractivity contribution in [2.24, 2.45) is 21.8 Å². The van der Waals surface area contributed by atoms with Crippen LogP contribution in [-0.2, 0) is 0 Å². The second-order valence-corrected chi connectivity index (χ2v) is 7.30. The summed E-state index contributed by atoms with van der Waals surface area (Å²) in [5.74, 6) is 0.200. The first-order valence-corrected chi connectivity index (χ1v) is 7.87. The molecule has 0 spiro atoms. The van der Waals surface area contributed by atoms with Gasteiger partial charge in [-0.1, -0.05) is 26.8 Å². The molecule has 6 heteroatoms. The highest BCUT2D eigenvalue weighted by Gasteiger charge is 2.60. The summed E-state index contributed by atoms with van der Waals surface area (Å²) in [6.07, 6.45) is 3.22. The lowest BCUT2D eigenvalue weighted by Crippen LogP contribution is -2.34. The van der Waals surface area contributed by atoms with Crippen molar-refractivity contribution in [3.05, 3.63) is 39.9 Å². The van der Waals surface area contributed by atoms with Gasteiger partial charge in [0.15, 0.2) is 0 Å². The largest absolute Gasteiger partial charge is 0.271 e. The van der Waals surface area contributed by atoms with E-state index in [-0.39, 0.29) is 22.1 Å². The van der Waals surface area contributed by atoms with Crippen LogP contribution < -0.4 is 5.43 Å². The van der Waals surface area contributed by atoms with Crippen molar-refractivity contribution < 1.29 is 9.72 Å². The van der Waals surface area contributed by atoms with Crippen molar-refractivity contribution >= 4 is 17.3 Å². The average Bonchev–Trinajstić information content (AvgIpc) is 2.85. The maximum Gasteiger partial charge on any atom is 0.271 e. The molecule has 2 bridgehead atoms. The summed E-state index contributed by atoms with van der Waals surface area (Å²) in [7, 11) is 0. The summed E-state index contributed by atoms with van der Waals surface area (Å²) in [6.45, 7) is 6.77. The van der Waals surface area contributed by atoms with Crippen LogP contribution in [0.1, 0.15) is 50.4 Å². The molecule has 0 saturated heterocycles. The normalized spacial score (nSPS) is 29.7. The quantitative estimate of drug-likeness (QED) is 0.684. The fourth-order valence-electron chi connectivity index (χ4n) is 4.04. The highest BCUT2D eigenvalue weighted by atomic mass is 16.6. The average molecular weight is 315 g/mol. The molecule has 1 N–H and O–H groups in total. The number of carbonyl (C=O) groups is 1. The molecule has 122 valence electrons. The van der Waals surface area contributed by atoms with Gasteiger partial charge in [-0.2, -0.15) is 5.10 Å². The third-order valence-electron chi connectivity index (χ3n) is 6.12. The van der Waals surface area contributed by atoms with Gasteiger partial charge in [-0.05, 0) is 36.7 Å². The van der Waals surface area contributed by atoms with Gasteiger partial charge in [-0.15, -0.1) is 0 Å². The summed E-state index contributed by atoms with van der Waals surface area (Å²) in [5.41, 5.74) is 3.99. The summed E-state index contributed by atoms with van der Waals surface area (Å²) >= 11 is 0. The van der Waals surface area contributed by atoms with E-state index >= 15 is 0 Å². The Bertz CT molecular complexity index is 711. The smallest absolute Gasteiger partial charge is 0.267 e. The molecule has 1 aromatic rings. The molecule has 23 heavy (non-hydrogen) atoms. The zero-order valence-electron chi connectivity index (χ0n) is 13.6. The predicted octanol–water partition coefficient (Wildman–Crippen LogP) is 3.53. The van der Waals surface area contributed by atoms with Crippen LogP contribution in [0.25, 0.3) is 0 Å². The fourth-order valence-corrected chi connectivity index (χ4v) is 4.04. The molecule has 2 aliphatic rings. The number of hydrogen-bond donors (Lipinski definition) is 1. The maximum atomic E-state index is 12.2. The third-order valence-corrected chi connectivity index (χ3v) is 6.12. The zero-order valence-corrected chi connectivity index (χ0v) is 13.6. The molecule has 2 aliphatic carbocycles. The van der Waals surface area contributed by atoms with Gasteiger partial charge in [-0.25, -0.2) is 5.43 Å². The van der Waals surface area contributed by atoms with Gasteiger partial charge in [0.25, 0.3) is 11.6 Å². The van der Waals surface area contributed by atoms with E-state index in [9.17, 15) is 14.9 Å². The van der Waals surface area contributed by atoms with Crippen LogP contribution >= 0.6 is 0 Å². The second-order valence-electron chi connectivity index (χ2n) is 7.30. The fraction of sp³-hybridized carbons (Fsp3) is 0.529. The van der Waals surface area contributed by atoms with E-state index < -0.39 is 10.8 Å². The Morgan fingerprint density at radius 2 is 2.13 bits per heavy atom. The van der Waals surface area contributed by atoms with Crippen LogP contribution in [0.4, 0.5) is 5.69 Å². The van der Waals surface area contributed by atoms with Crippen LogP contribution in [-0.4, -0.2) is 16.5 Å². The van der Waals surface area contributed by atoms with E-state index in [1.807, 2.05) is 0 Å². The minimum Gasteiger partial charge on any atom is -0.267 e. The Morgan fingerprint density at radius 3 is 2.70 bits per heavy atom. The number of non-ortho nitro benzene ring substituents is 1. The minimum atomic E-state index is -0.512. The van der Waals surface area contributed by atoms with Crippen molar-refractivity contribution in [1.29, 1.82) is 0 Å². The van der Waals surface area contributed by atoms with Crippen molar-refractivity contribution in [3.63, 3.8) is 0 Å². The number of fused-ring (bicyclic) bond motifs is 2. The number of carbonyl (C=O) groups excluding carboxylic acids is 1. The molecular formula is C17H21N3O3. The van der Waals surface area contributed by atoms with E-state index in [2.05, 4.69) is 31.3 Å². The molecule has 2 fully saturated rings.